The fraction of sp³-hybridized carbons (Fsp3) is 0.391. The van der Waals surface area contributed by atoms with Gasteiger partial charge in [-0.15, -0.1) is 0 Å². The molecule has 1 heterocycles. The molecular formula is C23H27ClN2O4. The topological polar surface area (TPSA) is 67.9 Å². The number of piperidine rings is 1. The molecular weight excluding hydrogens is 404 g/mol. The summed E-state index contributed by atoms with van der Waals surface area (Å²) in [6.07, 6.45) is 2.49. The van der Waals surface area contributed by atoms with E-state index >= 15 is 0 Å². The quantitative estimate of drug-likeness (QED) is 0.727. The van der Waals surface area contributed by atoms with Crippen molar-refractivity contribution in [3.05, 3.63) is 58.6 Å². The number of carbonyl (C=O) groups is 2. The largest absolute Gasteiger partial charge is 0.493 e. The lowest BCUT2D eigenvalue weighted by Gasteiger charge is -2.32. The van der Waals surface area contributed by atoms with Crippen LogP contribution < -0.4 is 14.8 Å². The van der Waals surface area contributed by atoms with Gasteiger partial charge < -0.3 is 19.7 Å². The van der Waals surface area contributed by atoms with Crippen LogP contribution in [-0.4, -0.2) is 50.1 Å². The maximum Gasteiger partial charge on any atom is 0.255 e. The molecule has 1 fully saturated rings. The molecule has 0 aliphatic carbocycles. The van der Waals surface area contributed by atoms with E-state index in [4.69, 9.17) is 21.1 Å². The van der Waals surface area contributed by atoms with Crippen molar-refractivity contribution in [2.75, 3.05) is 27.3 Å². The van der Waals surface area contributed by atoms with E-state index in [1.54, 1.807) is 31.3 Å². The van der Waals surface area contributed by atoms with Crippen molar-refractivity contribution < 1.29 is 19.1 Å². The van der Waals surface area contributed by atoms with Crippen molar-refractivity contribution in [1.82, 2.24) is 10.2 Å². The Balaban J connectivity index is 1.45. The molecule has 2 aromatic carbocycles. The van der Waals surface area contributed by atoms with Gasteiger partial charge in [0.1, 0.15) is 0 Å². The van der Waals surface area contributed by atoms with E-state index < -0.39 is 0 Å². The molecule has 0 spiro atoms. The van der Waals surface area contributed by atoms with Crippen LogP contribution in [0.2, 0.25) is 5.02 Å². The molecule has 0 unspecified atom stereocenters. The highest BCUT2D eigenvalue weighted by atomic mass is 35.5. The maximum absolute atomic E-state index is 12.6. The van der Waals surface area contributed by atoms with E-state index in [1.165, 1.54) is 0 Å². The Hall–Kier alpha value is -2.73. The van der Waals surface area contributed by atoms with Crippen LogP contribution in [-0.2, 0) is 11.2 Å². The van der Waals surface area contributed by atoms with Crippen LogP contribution >= 0.6 is 11.6 Å². The Bertz CT molecular complexity index is 895. The molecule has 1 saturated heterocycles. The van der Waals surface area contributed by atoms with Crippen molar-refractivity contribution in [2.24, 2.45) is 0 Å². The van der Waals surface area contributed by atoms with Gasteiger partial charge in [0.2, 0.25) is 5.91 Å². The first kappa shape index (κ1) is 22.0. The summed E-state index contributed by atoms with van der Waals surface area (Å²) < 4.78 is 10.5. The molecule has 7 heteroatoms. The second-order valence-electron chi connectivity index (χ2n) is 7.30. The van der Waals surface area contributed by atoms with Crippen molar-refractivity contribution in [3.8, 4) is 11.5 Å². The van der Waals surface area contributed by atoms with Gasteiger partial charge in [0.05, 0.1) is 24.8 Å². The monoisotopic (exact) mass is 430 g/mol. The average molecular weight is 431 g/mol. The highest BCUT2D eigenvalue weighted by molar-refractivity contribution is 6.33. The number of methoxy groups -OCH3 is 2. The maximum atomic E-state index is 12.6. The predicted octanol–water partition coefficient (Wildman–Crippen LogP) is 3.71. The first-order chi connectivity index (χ1) is 14.5. The number of benzene rings is 2. The van der Waals surface area contributed by atoms with Crippen LogP contribution in [0, 0.1) is 0 Å². The summed E-state index contributed by atoms with van der Waals surface area (Å²) in [6, 6.07) is 12.8. The standard InChI is InChI=1S/C23H27ClN2O4/c1-29-20-9-7-16(15-21(20)30-2)8-10-22(27)25-17-11-13-26(14-12-17)23(28)18-5-3-4-6-19(18)24/h3-7,9,15,17H,8,10-14H2,1-2H3,(H,25,27). The van der Waals surface area contributed by atoms with Crippen LogP contribution in [0.5, 0.6) is 11.5 Å². The molecule has 0 bridgehead atoms. The summed E-state index contributed by atoms with van der Waals surface area (Å²) in [4.78, 5) is 26.8. The Morgan fingerprint density at radius 1 is 1.07 bits per heavy atom. The SMILES string of the molecule is COc1ccc(CCC(=O)NC2CCN(C(=O)c3ccccc3Cl)CC2)cc1OC. The molecule has 0 aromatic heterocycles. The minimum absolute atomic E-state index is 0.0145. The number of amides is 2. The van der Waals surface area contributed by atoms with Crippen LogP contribution in [0.15, 0.2) is 42.5 Å². The number of halogens is 1. The van der Waals surface area contributed by atoms with Gasteiger partial charge in [0.15, 0.2) is 11.5 Å². The molecule has 2 amide bonds. The van der Waals surface area contributed by atoms with E-state index in [0.29, 0.717) is 48.0 Å². The Labute approximate surface area is 182 Å². The summed E-state index contributed by atoms with van der Waals surface area (Å²) >= 11 is 6.14. The van der Waals surface area contributed by atoms with Gasteiger partial charge >= 0.3 is 0 Å². The molecule has 1 aliphatic heterocycles. The molecule has 2 aromatic rings. The number of hydrogen-bond donors (Lipinski definition) is 1. The third-order valence-corrected chi connectivity index (χ3v) is 5.67. The predicted molar refractivity (Wildman–Crippen MR) is 116 cm³/mol. The van der Waals surface area contributed by atoms with Gasteiger partial charge in [-0.3, -0.25) is 9.59 Å². The molecule has 160 valence electrons. The number of nitrogens with one attached hydrogen (secondary N) is 1. The molecule has 0 atom stereocenters. The summed E-state index contributed by atoms with van der Waals surface area (Å²) in [6.45, 7) is 1.20. The fourth-order valence-electron chi connectivity index (χ4n) is 3.63. The fourth-order valence-corrected chi connectivity index (χ4v) is 3.84. The molecule has 0 saturated carbocycles. The van der Waals surface area contributed by atoms with Crippen molar-refractivity contribution in [1.29, 1.82) is 0 Å². The minimum Gasteiger partial charge on any atom is -0.493 e. The third kappa shape index (κ3) is 5.45. The number of hydrogen-bond acceptors (Lipinski definition) is 4. The second-order valence-corrected chi connectivity index (χ2v) is 7.71. The Kier molecular flexibility index (Phi) is 7.57. The third-order valence-electron chi connectivity index (χ3n) is 5.34. The van der Waals surface area contributed by atoms with Gasteiger partial charge in [-0.05, 0) is 49.1 Å². The molecule has 6 nitrogen and oxygen atoms in total. The number of aryl methyl sites for hydroxylation is 1. The Morgan fingerprint density at radius 2 is 1.77 bits per heavy atom. The van der Waals surface area contributed by atoms with Crippen LogP contribution in [0.3, 0.4) is 0 Å². The first-order valence-electron chi connectivity index (χ1n) is 10.1. The smallest absolute Gasteiger partial charge is 0.255 e. The normalized spacial score (nSPS) is 14.3. The zero-order valence-corrected chi connectivity index (χ0v) is 18.1. The van der Waals surface area contributed by atoms with Crippen molar-refractivity contribution in [2.45, 2.75) is 31.7 Å². The van der Waals surface area contributed by atoms with Gasteiger partial charge in [-0.25, -0.2) is 0 Å². The molecule has 3 rings (SSSR count). The highest BCUT2D eigenvalue weighted by Crippen LogP contribution is 2.28. The van der Waals surface area contributed by atoms with E-state index in [2.05, 4.69) is 5.32 Å². The second kappa shape index (κ2) is 10.3. The van der Waals surface area contributed by atoms with E-state index in [-0.39, 0.29) is 17.9 Å². The van der Waals surface area contributed by atoms with Crippen LogP contribution in [0.1, 0.15) is 35.2 Å². The zero-order valence-electron chi connectivity index (χ0n) is 17.3. The van der Waals surface area contributed by atoms with Gasteiger partial charge in [-0.1, -0.05) is 29.8 Å². The number of rotatable bonds is 7. The lowest BCUT2D eigenvalue weighted by Crippen LogP contribution is -2.46. The molecule has 1 aliphatic rings. The van der Waals surface area contributed by atoms with Gasteiger partial charge in [0, 0.05) is 25.6 Å². The summed E-state index contributed by atoms with van der Waals surface area (Å²) in [5, 5.41) is 3.56. The number of likely N-dealkylation sites (tertiary alicyclic amines) is 1. The zero-order chi connectivity index (χ0) is 21.5. The number of nitrogens with zero attached hydrogens (tertiary/aromatic N) is 1. The number of carbonyl (C=O) groups excluding carboxylic acids is 2. The summed E-state index contributed by atoms with van der Waals surface area (Å²) in [5.74, 6) is 1.29. The van der Waals surface area contributed by atoms with Crippen LogP contribution in [0.25, 0.3) is 0 Å². The van der Waals surface area contributed by atoms with Crippen molar-refractivity contribution >= 4 is 23.4 Å². The van der Waals surface area contributed by atoms with Gasteiger partial charge in [0.25, 0.3) is 5.91 Å². The lowest BCUT2D eigenvalue weighted by molar-refractivity contribution is -0.122. The molecule has 0 radical (unpaired) electrons. The summed E-state index contributed by atoms with van der Waals surface area (Å²) in [7, 11) is 3.19. The number of ether oxygens (including phenoxy) is 2. The van der Waals surface area contributed by atoms with Crippen LogP contribution in [0.4, 0.5) is 0 Å². The van der Waals surface area contributed by atoms with Crippen molar-refractivity contribution in [3.63, 3.8) is 0 Å². The highest BCUT2D eigenvalue weighted by Gasteiger charge is 2.25. The summed E-state index contributed by atoms with van der Waals surface area (Å²) in [5.41, 5.74) is 1.54. The molecule has 1 N–H and O–H groups in total. The van der Waals surface area contributed by atoms with E-state index in [9.17, 15) is 9.59 Å². The average Bonchev–Trinajstić information content (AvgIpc) is 2.78. The minimum atomic E-state index is -0.0566. The van der Waals surface area contributed by atoms with E-state index in [0.717, 1.165) is 18.4 Å². The lowest BCUT2D eigenvalue weighted by atomic mass is 10.0. The first-order valence-corrected chi connectivity index (χ1v) is 10.4. The molecule has 30 heavy (non-hydrogen) atoms. The van der Waals surface area contributed by atoms with E-state index in [1.807, 2.05) is 30.3 Å². The van der Waals surface area contributed by atoms with Gasteiger partial charge in [-0.2, -0.15) is 0 Å². The Morgan fingerprint density at radius 3 is 2.43 bits per heavy atom.